The van der Waals surface area contributed by atoms with Crippen molar-refractivity contribution in [3.05, 3.63) is 28.7 Å². The highest BCUT2D eigenvalue weighted by Crippen LogP contribution is 2.24. The van der Waals surface area contributed by atoms with Gasteiger partial charge in [-0.1, -0.05) is 12.1 Å². The molecule has 0 bridgehead atoms. The van der Waals surface area contributed by atoms with Crippen molar-refractivity contribution in [2.24, 2.45) is 11.8 Å². The number of pyridine rings is 1. The summed E-state index contributed by atoms with van der Waals surface area (Å²) in [6, 6.07) is 3.81. The summed E-state index contributed by atoms with van der Waals surface area (Å²) in [6.45, 7) is 4.50. The van der Waals surface area contributed by atoms with E-state index in [0.29, 0.717) is 23.6 Å². The lowest BCUT2D eigenvalue weighted by Crippen LogP contribution is -2.33. The Kier molecular flexibility index (Phi) is 4.65. The quantitative estimate of drug-likeness (QED) is 0.917. The van der Waals surface area contributed by atoms with E-state index >= 15 is 0 Å². The van der Waals surface area contributed by atoms with Crippen LogP contribution in [0, 0.1) is 11.8 Å². The van der Waals surface area contributed by atoms with E-state index in [4.69, 9.17) is 4.52 Å². The highest BCUT2D eigenvalue weighted by atomic mass is 79.9. The van der Waals surface area contributed by atoms with Gasteiger partial charge in [-0.15, -0.1) is 0 Å². The molecule has 2 atom stereocenters. The number of nitrogens with one attached hydrogen (secondary N) is 1. The summed E-state index contributed by atoms with van der Waals surface area (Å²) >= 11 is 3.37. The number of hydrogen-bond acceptors (Lipinski definition) is 5. The summed E-state index contributed by atoms with van der Waals surface area (Å²) in [5, 5.41) is 7.49. The molecule has 1 fully saturated rings. The monoisotopic (exact) mass is 350 g/mol. The van der Waals surface area contributed by atoms with Crippen molar-refractivity contribution in [1.29, 1.82) is 0 Å². The minimum Gasteiger partial charge on any atom is -0.339 e. The van der Waals surface area contributed by atoms with Gasteiger partial charge in [0.2, 0.25) is 11.7 Å². The maximum Gasteiger partial charge on any atom is 0.227 e. The average Bonchev–Trinajstić information content (AvgIpc) is 2.97. The van der Waals surface area contributed by atoms with E-state index in [0.717, 1.165) is 29.7 Å². The molecule has 1 saturated heterocycles. The van der Waals surface area contributed by atoms with Gasteiger partial charge < -0.3 is 9.84 Å². The van der Waals surface area contributed by atoms with Crippen molar-refractivity contribution in [3.8, 4) is 11.5 Å². The van der Waals surface area contributed by atoms with E-state index in [-0.39, 0.29) is 0 Å². The van der Waals surface area contributed by atoms with Crippen molar-refractivity contribution in [2.45, 2.75) is 26.2 Å². The van der Waals surface area contributed by atoms with Gasteiger partial charge in [0.05, 0.1) is 0 Å². The summed E-state index contributed by atoms with van der Waals surface area (Å²) in [6.07, 6.45) is 5.11. The third kappa shape index (κ3) is 3.68. The summed E-state index contributed by atoms with van der Waals surface area (Å²) in [4.78, 5) is 8.76. The predicted molar refractivity (Wildman–Crippen MR) is 83.7 cm³/mol. The Morgan fingerprint density at radius 1 is 1.48 bits per heavy atom. The lowest BCUT2D eigenvalue weighted by atomic mass is 9.85. The molecule has 1 N–H and O–H groups in total. The van der Waals surface area contributed by atoms with E-state index < -0.39 is 0 Å². The number of halogens is 1. The van der Waals surface area contributed by atoms with Gasteiger partial charge in [-0.3, -0.25) is 4.98 Å². The highest BCUT2D eigenvalue weighted by molar-refractivity contribution is 9.10. The zero-order chi connectivity index (χ0) is 14.7. The van der Waals surface area contributed by atoms with Crippen LogP contribution in [-0.4, -0.2) is 28.2 Å². The third-order valence-corrected chi connectivity index (χ3v) is 4.53. The standard InChI is InChI=1S/C15H19BrN4O/c1-10(11-3-2-6-17-8-11)7-14-19-15(20-21-14)13-5-4-12(16)9-18-13/h4-5,9-11,17H,2-3,6-8H2,1H3. The minimum absolute atomic E-state index is 0.545. The summed E-state index contributed by atoms with van der Waals surface area (Å²) in [5.41, 5.74) is 0.736. The van der Waals surface area contributed by atoms with Crippen LogP contribution in [0.1, 0.15) is 25.7 Å². The number of piperidine rings is 1. The lowest BCUT2D eigenvalue weighted by Gasteiger charge is -2.27. The van der Waals surface area contributed by atoms with Gasteiger partial charge in [0.25, 0.3) is 0 Å². The van der Waals surface area contributed by atoms with Crippen LogP contribution in [0.15, 0.2) is 27.3 Å². The van der Waals surface area contributed by atoms with Crippen molar-refractivity contribution in [3.63, 3.8) is 0 Å². The zero-order valence-corrected chi connectivity index (χ0v) is 13.6. The van der Waals surface area contributed by atoms with E-state index in [1.165, 1.54) is 12.8 Å². The van der Waals surface area contributed by atoms with Crippen LogP contribution >= 0.6 is 15.9 Å². The second kappa shape index (κ2) is 6.66. The Morgan fingerprint density at radius 3 is 3.10 bits per heavy atom. The van der Waals surface area contributed by atoms with Crippen LogP contribution < -0.4 is 5.32 Å². The van der Waals surface area contributed by atoms with Crippen LogP contribution in [0.2, 0.25) is 0 Å². The molecule has 0 aromatic carbocycles. The molecular formula is C15H19BrN4O. The van der Waals surface area contributed by atoms with Crippen molar-refractivity contribution >= 4 is 15.9 Å². The second-order valence-corrected chi connectivity index (χ2v) is 6.58. The van der Waals surface area contributed by atoms with Crippen molar-refractivity contribution in [1.82, 2.24) is 20.4 Å². The molecule has 1 aliphatic rings. The largest absolute Gasteiger partial charge is 0.339 e. The van der Waals surface area contributed by atoms with Gasteiger partial charge in [-0.25, -0.2) is 0 Å². The van der Waals surface area contributed by atoms with Crippen LogP contribution in [0.3, 0.4) is 0 Å². The molecule has 21 heavy (non-hydrogen) atoms. The van der Waals surface area contributed by atoms with Gasteiger partial charge in [-0.05, 0) is 65.8 Å². The molecule has 3 heterocycles. The fraction of sp³-hybridized carbons (Fsp3) is 0.533. The van der Waals surface area contributed by atoms with Crippen LogP contribution in [0.25, 0.3) is 11.5 Å². The molecule has 6 heteroatoms. The first kappa shape index (κ1) is 14.7. The molecule has 0 aliphatic carbocycles. The second-order valence-electron chi connectivity index (χ2n) is 5.66. The maximum absolute atomic E-state index is 5.38. The molecule has 112 valence electrons. The number of nitrogens with zero attached hydrogens (tertiary/aromatic N) is 3. The molecule has 3 rings (SSSR count). The minimum atomic E-state index is 0.545. The Labute approximate surface area is 132 Å². The van der Waals surface area contributed by atoms with E-state index in [2.05, 4.69) is 43.3 Å². The highest BCUT2D eigenvalue weighted by Gasteiger charge is 2.22. The first-order valence-electron chi connectivity index (χ1n) is 7.37. The van der Waals surface area contributed by atoms with Gasteiger partial charge in [0, 0.05) is 17.1 Å². The van der Waals surface area contributed by atoms with E-state index in [1.54, 1.807) is 6.20 Å². The van der Waals surface area contributed by atoms with Gasteiger partial charge in [0.15, 0.2) is 0 Å². The first-order chi connectivity index (χ1) is 10.2. The number of aromatic nitrogens is 3. The van der Waals surface area contributed by atoms with Gasteiger partial charge in [0.1, 0.15) is 5.69 Å². The molecule has 2 aromatic rings. The molecule has 0 spiro atoms. The smallest absolute Gasteiger partial charge is 0.227 e. The fourth-order valence-corrected chi connectivity index (χ4v) is 2.99. The summed E-state index contributed by atoms with van der Waals surface area (Å²) in [5.74, 6) is 2.50. The van der Waals surface area contributed by atoms with E-state index in [1.807, 2.05) is 12.1 Å². The molecule has 0 saturated carbocycles. The summed E-state index contributed by atoms with van der Waals surface area (Å²) < 4.78 is 6.32. The zero-order valence-electron chi connectivity index (χ0n) is 12.1. The normalized spacial score (nSPS) is 20.4. The Morgan fingerprint density at radius 2 is 2.38 bits per heavy atom. The molecule has 0 amide bonds. The molecule has 5 nitrogen and oxygen atoms in total. The predicted octanol–water partition coefficient (Wildman–Crippen LogP) is 3.07. The molecular weight excluding hydrogens is 332 g/mol. The van der Waals surface area contributed by atoms with Crippen LogP contribution in [0.5, 0.6) is 0 Å². The maximum atomic E-state index is 5.38. The fourth-order valence-electron chi connectivity index (χ4n) is 2.76. The third-order valence-electron chi connectivity index (χ3n) is 4.06. The number of rotatable bonds is 4. The summed E-state index contributed by atoms with van der Waals surface area (Å²) in [7, 11) is 0. The molecule has 1 aliphatic heterocycles. The Balaban J connectivity index is 1.65. The van der Waals surface area contributed by atoms with Crippen LogP contribution in [0.4, 0.5) is 0 Å². The van der Waals surface area contributed by atoms with Gasteiger partial charge >= 0.3 is 0 Å². The molecule has 2 aromatic heterocycles. The SMILES string of the molecule is CC(Cc1nc(-c2ccc(Br)cn2)no1)C1CCCNC1. The Hall–Kier alpha value is -1.27. The Bertz CT molecular complexity index is 578. The first-order valence-corrected chi connectivity index (χ1v) is 8.17. The van der Waals surface area contributed by atoms with E-state index in [9.17, 15) is 0 Å². The lowest BCUT2D eigenvalue weighted by molar-refractivity contribution is 0.257. The molecule has 0 radical (unpaired) electrons. The average molecular weight is 351 g/mol. The topological polar surface area (TPSA) is 63.8 Å². The van der Waals surface area contributed by atoms with Crippen LogP contribution in [-0.2, 0) is 6.42 Å². The number of hydrogen-bond donors (Lipinski definition) is 1. The van der Waals surface area contributed by atoms with Crippen molar-refractivity contribution in [2.75, 3.05) is 13.1 Å². The van der Waals surface area contributed by atoms with Gasteiger partial charge in [-0.2, -0.15) is 4.98 Å². The molecule has 2 unspecified atom stereocenters. The van der Waals surface area contributed by atoms with Crippen molar-refractivity contribution < 1.29 is 4.52 Å².